The predicted octanol–water partition coefficient (Wildman–Crippen LogP) is 2.41. The zero-order valence-electron chi connectivity index (χ0n) is 10.3. The van der Waals surface area contributed by atoms with Crippen LogP contribution in [0.25, 0.3) is 0 Å². The molecule has 0 amide bonds. The van der Waals surface area contributed by atoms with Crippen molar-refractivity contribution in [2.45, 2.75) is 13.3 Å². The van der Waals surface area contributed by atoms with Crippen molar-refractivity contribution >= 4 is 28.5 Å². The number of methoxy groups -OCH3 is 1. The minimum atomic E-state index is -0.244. The number of hydrogen-bond donors (Lipinski definition) is 0. The molecule has 0 saturated carbocycles. The Hall–Kier alpha value is -1.62. The first-order valence-corrected chi connectivity index (χ1v) is 6.57. The van der Waals surface area contributed by atoms with Gasteiger partial charge in [-0.1, -0.05) is 41.6 Å². The van der Waals surface area contributed by atoms with Crippen molar-refractivity contribution < 1.29 is 9.53 Å². The highest BCUT2D eigenvalue weighted by atomic mass is 32.2. The molecule has 1 aromatic carbocycles. The van der Waals surface area contributed by atoms with Gasteiger partial charge in [-0.2, -0.15) is 5.10 Å². The minimum absolute atomic E-state index is 0.244. The van der Waals surface area contributed by atoms with Gasteiger partial charge >= 0.3 is 5.97 Å². The molecule has 0 aliphatic carbocycles. The second-order valence-electron chi connectivity index (χ2n) is 3.95. The van der Waals surface area contributed by atoms with E-state index in [1.54, 1.807) is 0 Å². The number of thioether (sulfide) groups is 1. The first-order chi connectivity index (χ1) is 8.69. The van der Waals surface area contributed by atoms with Crippen LogP contribution in [-0.4, -0.2) is 29.6 Å². The lowest BCUT2D eigenvalue weighted by Crippen LogP contribution is -2.07. The second kappa shape index (κ2) is 5.82. The van der Waals surface area contributed by atoms with Crippen LogP contribution in [0.2, 0.25) is 0 Å². The molecule has 4 nitrogen and oxygen atoms in total. The number of hydrogen-bond acceptors (Lipinski definition) is 5. The number of aryl methyl sites for hydroxylation is 1. The highest BCUT2D eigenvalue weighted by Gasteiger charge is 2.16. The van der Waals surface area contributed by atoms with Gasteiger partial charge in [0.1, 0.15) is 5.04 Å². The summed E-state index contributed by atoms with van der Waals surface area (Å²) in [6.07, 6.45) is 0.686. The Bertz CT molecular complexity index is 523. The lowest BCUT2D eigenvalue weighted by atomic mass is 10.1. The summed E-state index contributed by atoms with van der Waals surface area (Å²) in [5, 5.41) is 9.11. The molecular formula is C13H14N2O2S. The smallest absolute Gasteiger partial charge is 0.316 e. The number of esters is 1. The topological polar surface area (TPSA) is 51.0 Å². The third kappa shape index (κ3) is 3.20. The molecule has 1 heterocycles. The van der Waals surface area contributed by atoms with Crippen molar-refractivity contribution in [3.8, 4) is 0 Å². The minimum Gasteiger partial charge on any atom is -0.468 e. The van der Waals surface area contributed by atoms with Crippen molar-refractivity contribution in [3.63, 3.8) is 0 Å². The summed E-state index contributed by atoms with van der Waals surface area (Å²) in [7, 11) is 1.38. The number of ether oxygens (including phenoxy) is 1. The van der Waals surface area contributed by atoms with E-state index in [1.807, 2.05) is 25.1 Å². The molecule has 1 aliphatic rings. The zero-order valence-corrected chi connectivity index (χ0v) is 11.2. The Morgan fingerprint density at radius 2 is 2.28 bits per heavy atom. The zero-order chi connectivity index (χ0) is 13.0. The monoisotopic (exact) mass is 262 g/mol. The van der Waals surface area contributed by atoms with Crippen molar-refractivity contribution in [3.05, 3.63) is 35.4 Å². The molecule has 0 fully saturated rings. The number of carbonyl (C=O) groups excluding carboxylic acids is 1. The van der Waals surface area contributed by atoms with E-state index in [4.69, 9.17) is 0 Å². The lowest BCUT2D eigenvalue weighted by Gasteiger charge is -2.02. The first kappa shape index (κ1) is 12.8. The van der Waals surface area contributed by atoms with E-state index in [-0.39, 0.29) is 11.7 Å². The molecule has 1 aliphatic heterocycles. The molecule has 1 aromatic rings. The Kier molecular flexibility index (Phi) is 4.15. The largest absolute Gasteiger partial charge is 0.468 e. The third-order valence-electron chi connectivity index (χ3n) is 2.54. The fraction of sp³-hybridized carbons (Fsp3) is 0.308. The van der Waals surface area contributed by atoms with Gasteiger partial charge in [-0.05, 0) is 12.5 Å². The van der Waals surface area contributed by atoms with E-state index in [0.717, 1.165) is 16.3 Å². The Morgan fingerprint density at radius 1 is 1.44 bits per heavy atom. The average Bonchev–Trinajstić information content (AvgIpc) is 2.84. The van der Waals surface area contributed by atoms with E-state index in [1.165, 1.54) is 24.4 Å². The summed E-state index contributed by atoms with van der Waals surface area (Å²) in [6.45, 7) is 2.05. The predicted molar refractivity (Wildman–Crippen MR) is 74.2 cm³/mol. The maximum Gasteiger partial charge on any atom is 0.316 e. The Morgan fingerprint density at radius 3 is 3.00 bits per heavy atom. The fourth-order valence-electron chi connectivity index (χ4n) is 1.60. The molecule has 0 spiro atoms. The number of rotatable bonds is 3. The molecule has 0 N–H and O–H groups in total. The molecule has 94 valence electrons. The molecule has 5 heteroatoms. The number of carbonyl (C=O) groups is 1. The SMILES string of the molecule is COC(=O)CSC1=NN=C(c2cccc(C)c2)C1. The van der Waals surface area contributed by atoms with Crippen LogP contribution >= 0.6 is 11.8 Å². The molecule has 2 rings (SSSR count). The van der Waals surface area contributed by atoms with Crippen LogP contribution in [-0.2, 0) is 9.53 Å². The van der Waals surface area contributed by atoms with Gasteiger partial charge in [0.15, 0.2) is 0 Å². The highest BCUT2D eigenvalue weighted by molar-refractivity contribution is 8.14. The average molecular weight is 262 g/mol. The van der Waals surface area contributed by atoms with Crippen LogP contribution in [0.4, 0.5) is 0 Å². The van der Waals surface area contributed by atoms with E-state index >= 15 is 0 Å². The van der Waals surface area contributed by atoms with Crippen molar-refractivity contribution in [2.24, 2.45) is 10.2 Å². The number of nitrogens with zero attached hydrogens (tertiary/aromatic N) is 2. The molecule has 18 heavy (non-hydrogen) atoms. The van der Waals surface area contributed by atoms with Crippen molar-refractivity contribution in [1.29, 1.82) is 0 Å². The van der Waals surface area contributed by atoms with Crippen molar-refractivity contribution in [1.82, 2.24) is 0 Å². The fourth-order valence-corrected chi connectivity index (χ4v) is 2.34. The third-order valence-corrected chi connectivity index (χ3v) is 3.48. The summed E-state index contributed by atoms with van der Waals surface area (Å²) in [5.41, 5.74) is 3.24. The van der Waals surface area contributed by atoms with Crippen LogP contribution < -0.4 is 0 Å². The lowest BCUT2D eigenvalue weighted by molar-refractivity contribution is -0.137. The maximum absolute atomic E-state index is 11.0. The number of benzene rings is 1. The van der Waals surface area contributed by atoms with Crippen LogP contribution in [0.1, 0.15) is 17.5 Å². The maximum atomic E-state index is 11.0. The van der Waals surface area contributed by atoms with Crippen LogP contribution in [0.15, 0.2) is 34.5 Å². The van der Waals surface area contributed by atoms with Crippen LogP contribution in [0.5, 0.6) is 0 Å². The van der Waals surface area contributed by atoms with E-state index in [0.29, 0.717) is 6.42 Å². The quantitative estimate of drug-likeness (QED) is 0.786. The van der Waals surface area contributed by atoms with Gasteiger partial charge in [0.2, 0.25) is 0 Å². The Labute approximate surface area is 110 Å². The van der Waals surface area contributed by atoms with E-state index in [2.05, 4.69) is 21.0 Å². The van der Waals surface area contributed by atoms with Crippen LogP contribution in [0.3, 0.4) is 0 Å². The van der Waals surface area contributed by atoms with Gasteiger partial charge < -0.3 is 4.74 Å². The summed E-state index contributed by atoms with van der Waals surface area (Å²) in [6, 6.07) is 8.16. The van der Waals surface area contributed by atoms with Gasteiger partial charge in [-0.25, -0.2) is 0 Å². The molecule has 0 atom stereocenters. The van der Waals surface area contributed by atoms with Crippen LogP contribution in [0, 0.1) is 6.92 Å². The summed E-state index contributed by atoms with van der Waals surface area (Å²) in [4.78, 5) is 11.0. The summed E-state index contributed by atoms with van der Waals surface area (Å²) >= 11 is 1.38. The molecule has 0 saturated heterocycles. The van der Waals surface area contributed by atoms with Gasteiger partial charge in [-0.15, -0.1) is 5.10 Å². The first-order valence-electron chi connectivity index (χ1n) is 5.59. The Balaban J connectivity index is 1.92. The summed E-state index contributed by atoms with van der Waals surface area (Å²) in [5.74, 6) is 0.0399. The summed E-state index contributed by atoms with van der Waals surface area (Å²) < 4.78 is 4.59. The highest BCUT2D eigenvalue weighted by Crippen LogP contribution is 2.19. The standard InChI is InChI=1S/C13H14N2O2S/c1-9-4-3-5-10(6-9)11-7-12(15-14-11)18-8-13(16)17-2/h3-6H,7-8H2,1-2H3. The molecule has 0 bridgehead atoms. The van der Waals surface area contributed by atoms with E-state index in [9.17, 15) is 4.79 Å². The normalized spacial score (nSPS) is 14.1. The van der Waals surface area contributed by atoms with Gasteiger partial charge in [-0.3, -0.25) is 4.79 Å². The van der Waals surface area contributed by atoms with Gasteiger partial charge in [0.05, 0.1) is 18.6 Å². The molecule has 0 aromatic heterocycles. The van der Waals surface area contributed by atoms with Crippen molar-refractivity contribution in [2.75, 3.05) is 12.9 Å². The molecular weight excluding hydrogens is 248 g/mol. The van der Waals surface area contributed by atoms with Gasteiger partial charge in [0, 0.05) is 6.42 Å². The van der Waals surface area contributed by atoms with E-state index < -0.39 is 0 Å². The van der Waals surface area contributed by atoms with Gasteiger partial charge in [0.25, 0.3) is 0 Å². The molecule has 0 radical (unpaired) electrons. The second-order valence-corrected chi connectivity index (χ2v) is 5.00. The molecule has 0 unspecified atom stereocenters.